The van der Waals surface area contributed by atoms with Crippen molar-refractivity contribution in [3.05, 3.63) is 59.5 Å². The summed E-state index contributed by atoms with van der Waals surface area (Å²) in [6.45, 7) is 3.21. The zero-order valence-electron chi connectivity index (χ0n) is 17.5. The van der Waals surface area contributed by atoms with E-state index in [0.29, 0.717) is 25.6 Å². The normalized spacial score (nSPS) is 16.8. The zero-order valence-corrected chi connectivity index (χ0v) is 17.5. The highest BCUT2D eigenvalue weighted by Gasteiger charge is 2.32. The van der Waals surface area contributed by atoms with Crippen molar-refractivity contribution < 1.29 is 9.18 Å². The molecule has 1 aromatic heterocycles. The predicted molar refractivity (Wildman–Crippen MR) is 117 cm³/mol. The zero-order chi connectivity index (χ0) is 20.8. The average Bonchev–Trinajstić information content (AvgIpc) is 3.60. The van der Waals surface area contributed by atoms with Crippen LogP contribution in [-0.4, -0.2) is 41.6 Å². The standard InChI is InChI=1S/C24H31FN4O/c25-21-7-5-6-19(16-21)11-15-29(22-8-9-22)24(30)27-18-20-10-12-26-23(17-20)28-13-3-1-2-4-14-28/h5-7,10,12,16-17,22H,1-4,8-9,11,13-15,18H2,(H,27,30). The molecule has 0 radical (unpaired) electrons. The molecule has 1 aliphatic heterocycles. The molecule has 2 amide bonds. The van der Waals surface area contributed by atoms with E-state index < -0.39 is 0 Å². The number of pyridine rings is 1. The highest BCUT2D eigenvalue weighted by molar-refractivity contribution is 5.75. The van der Waals surface area contributed by atoms with Crippen molar-refractivity contribution in [1.82, 2.24) is 15.2 Å². The van der Waals surface area contributed by atoms with Crippen LogP contribution in [0.25, 0.3) is 0 Å². The Morgan fingerprint density at radius 2 is 1.90 bits per heavy atom. The van der Waals surface area contributed by atoms with Gasteiger partial charge in [-0.05, 0) is 67.5 Å². The molecule has 0 atom stereocenters. The monoisotopic (exact) mass is 410 g/mol. The Morgan fingerprint density at radius 3 is 2.63 bits per heavy atom. The molecule has 0 spiro atoms. The molecule has 30 heavy (non-hydrogen) atoms. The van der Waals surface area contributed by atoms with Gasteiger partial charge in [0.05, 0.1) is 0 Å². The van der Waals surface area contributed by atoms with Gasteiger partial charge < -0.3 is 15.1 Å². The number of benzene rings is 1. The van der Waals surface area contributed by atoms with Crippen molar-refractivity contribution in [3.8, 4) is 0 Å². The van der Waals surface area contributed by atoms with E-state index in [1.54, 1.807) is 12.1 Å². The van der Waals surface area contributed by atoms with Gasteiger partial charge in [-0.25, -0.2) is 14.2 Å². The van der Waals surface area contributed by atoms with Gasteiger partial charge in [-0.15, -0.1) is 0 Å². The van der Waals surface area contributed by atoms with E-state index in [2.05, 4.69) is 21.3 Å². The third kappa shape index (κ3) is 5.71. The van der Waals surface area contributed by atoms with Crippen molar-refractivity contribution in [2.75, 3.05) is 24.5 Å². The molecule has 2 aromatic rings. The molecule has 1 saturated heterocycles. The average molecular weight is 411 g/mol. The molecule has 2 fully saturated rings. The molecule has 1 aromatic carbocycles. The predicted octanol–water partition coefficient (Wildman–Crippen LogP) is 4.52. The van der Waals surface area contributed by atoms with Crippen molar-refractivity contribution in [2.45, 2.75) is 57.5 Å². The van der Waals surface area contributed by atoms with Crippen LogP contribution < -0.4 is 10.2 Å². The number of hydrogen-bond donors (Lipinski definition) is 1. The molecule has 4 rings (SSSR count). The number of rotatable bonds is 7. The van der Waals surface area contributed by atoms with E-state index in [1.807, 2.05) is 23.2 Å². The van der Waals surface area contributed by atoms with E-state index in [4.69, 9.17) is 0 Å². The smallest absolute Gasteiger partial charge is 0.317 e. The van der Waals surface area contributed by atoms with E-state index in [-0.39, 0.29) is 11.8 Å². The van der Waals surface area contributed by atoms with Crippen LogP contribution in [0.1, 0.15) is 49.7 Å². The number of halogens is 1. The van der Waals surface area contributed by atoms with Crippen LogP contribution in [0.3, 0.4) is 0 Å². The van der Waals surface area contributed by atoms with Crippen LogP contribution in [0.15, 0.2) is 42.6 Å². The molecule has 160 valence electrons. The number of aromatic nitrogens is 1. The molecule has 2 heterocycles. The summed E-state index contributed by atoms with van der Waals surface area (Å²) in [5, 5.41) is 3.08. The van der Waals surface area contributed by atoms with Crippen LogP contribution in [-0.2, 0) is 13.0 Å². The number of carbonyl (C=O) groups excluding carboxylic acids is 1. The quantitative estimate of drug-likeness (QED) is 0.730. The number of amides is 2. The highest BCUT2D eigenvalue weighted by Crippen LogP contribution is 2.27. The van der Waals surface area contributed by atoms with Crippen LogP contribution in [0.4, 0.5) is 15.0 Å². The van der Waals surface area contributed by atoms with Crippen molar-refractivity contribution in [2.24, 2.45) is 0 Å². The fourth-order valence-electron chi connectivity index (χ4n) is 4.10. The van der Waals surface area contributed by atoms with E-state index >= 15 is 0 Å². The Hall–Kier alpha value is -2.63. The van der Waals surface area contributed by atoms with Crippen LogP contribution in [0.2, 0.25) is 0 Å². The lowest BCUT2D eigenvalue weighted by Gasteiger charge is -2.24. The molecule has 5 nitrogen and oxygen atoms in total. The van der Waals surface area contributed by atoms with Gasteiger partial charge >= 0.3 is 6.03 Å². The molecular weight excluding hydrogens is 379 g/mol. The second-order valence-corrected chi connectivity index (χ2v) is 8.39. The van der Waals surface area contributed by atoms with E-state index in [9.17, 15) is 9.18 Å². The Labute approximate surface area is 178 Å². The number of nitrogens with one attached hydrogen (secondary N) is 1. The van der Waals surface area contributed by atoms with E-state index in [0.717, 1.165) is 42.9 Å². The lowest BCUT2D eigenvalue weighted by atomic mass is 10.1. The van der Waals surface area contributed by atoms with Gasteiger partial charge in [0.2, 0.25) is 0 Å². The first-order chi connectivity index (χ1) is 14.7. The molecule has 1 saturated carbocycles. The Balaban J connectivity index is 1.32. The minimum Gasteiger partial charge on any atom is -0.357 e. The second kappa shape index (κ2) is 9.92. The van der Waals surface area contributed by atoms with Crippen LogP contribution in [0.5, 0.6) is 0 Å². The summed E-state index contributed by atoms with van der Waals surface area (Å²) >= 11 is 0. The fraction of sp³-hybridized carbons (Fsp3) is 0.500. The van der Waals surface area contributed by atoms with Gasteiger partial charge in [0.15, 0.2) is 0 Å². The highest BCUT2D eigenvalue weighted by atomic mass is 19.1. The molecule has 2 aliphatic rings. The maximum absolute atomic E-state index is 13.4. The SMILES string of the molecule is O=C(NCc1ccnc(N2CCCCCC2)c1)N(CCc1cccc(F)c1)C1CC1. The van der Waals surface area contributed by atoms with Crippen molar-refractivity contribution in [3.63, 3.8) is 0 Å². The summed E-state index contributed by atoms with van der Waals surface area (Å²) in [6.07, 6.45) is 9.60. The third-order valence-corrected chi connectivity index (χ3v) is 5.96. The summed E-state index contributed by atoms with van der Waals surface area (Å²) < 4.78 is 13.4. The summed E-state index contributed by atoms with van der Waals surface area (Å²) in [6, 6.07) is 11.0. The Kier molecular flexibility index (Phi) is 6.82. The fourth-order valence-corrected chi connectivity index (χ4v) is 4.10. The molecule has 0 unspecified atom stereocenters. The van der Waals surface area contributed by atoms with Gasteiger partial charge in [-0.2, -0.15) is 0 Å². The number of carbonyl (C=O) groups is 1. The number of anilines is 1. The summed E-state index contributed by atoms with van der Waals surface area (Å²) in [7, 11) is 0. The largest absolute Gasteiger partial charge is 0.357 e. The number of hydrogen-bond acceptors (Lipinski definition) is 3. The third-order valence-electron chi connectivity index (χ3n) is 5.96. The van der Waals surface area contributed by atoms with E-state index in [1.165, 1.54) is 31.7 Å². The van der Waals surface area contributed by atoms with Gasteiger partial charge in [-0.1, -0.05) is 25.0 Å². The number of nitrogens with zero attached hydrogens (tertiary/aromatic N) is 3. The van der Waals surface area contributed by atoms with Gasteiger partial charge in [0, 0.05) is 38.4 Å². The maximum Gasteiger partial charge on any atom is 0.317 e. The van der Waals surface area contributed by atoms with Gasteiger partial charge in [0.1, 0.15) is 11.6 Å². The molecular formula is C24H31FN4O. The van der Waals surface area contributed by atoms with Crippen LogP contribution in [0, 0.1) is 5.82 Å². The first-order valence-electron chi connectivity index (χ1n) is 11.2. The molecule has 1 N–H and O–H groups in total. The first-order valence-corrected chi connectivity index (χ1v) is 11.2. The number of urea groups is 1. The lowest BCUT2D eigenvalue weighted by molar-refractivity contribution is 0.195. The minimum atomic E-state index is -0.229. The van der Waals surface area contributed by atoms with Crippen LogP contribution >= 0.6 is 0 Å². The second-order valence-electron chi connectivity index (χ2n) is 8.39. The van der Waals surface area contributed by atoms with Gasteiger partial charge in [-0.3, -0.25) is 0 Å². The molecule has 6 heteroatoms. The summed E-state index contributed by atoms with van der Waals surface area (Å²) in [5.74, 6) is 0.779. The molecule has 0 bridgehead atoms. The molecule has 1 aliphatic carbocycles. The summed E-state index contributed by atoms with van der Waals surface area (Å²) in [5.41, 5.74) is 1.99. The first kappa shape index (κ1) is 20.6. The van der Waals surface area contributed by atoms with Crippen molar-refractivity contribution in [1.29, 1.82) is 0 Å². The maximum atomic E-state index is 13.4. The lowest BCUT2D eigenvalue weighted by Crippen LogP contribution is -2.42. The summed E-state index contributed by atoms with van der Waals surface area (Å²) in [4.78, 5) is 21.6. The van der Waals surface area contributed by atoms with Crippen molar-refractivity contribution >= 4 is 11.8 Å². The topological polar surface area (TPSA) is 48.5 Å². The van der Waals surface area contributed by atoms with Gasteiger partial charge in [0.25, 0.3) is 0 Å². The minimum absolute atomic E-state index is 0.0398. The Morgan fingerprint density at radius 1 is 1.10 bits per heavy atom. The Bertz CT molecular complexity index is 847.